The summed E-state index contributed by atoms with van der Waals surface area (Å²) in [6, 6.07) is 2.12. The van der Waals surface area contributed by atoms with Gasteiger partial charge in [-0.2, -0.15) is 0 Å². The van der Waals surface area contributed by atoms with Crippen LogP contribution in [0.2, 0.25) is 0 Å². The summed E-state index contributed by atoms with van der Waals surface area (Å²) in [5.41, 5.74) is 0.0956. The molecule has 0 saturated carbocycles. The molecule has 1 rings (SSSR count). The van der Waals surface area contributed by atoms with E-state index in [4.69, 9.17) is 11.6 Å². The number of ketones is 1. The fourth-order valence-corrected chi connectivity index (χ4v) is 1.54. The van der Waals surface area contributed by atoms with E-state index in [1.165, 1.54) is 6.07 Å². The minimum atomic E-state index is -1.03. The second-order valence-electron chi connectivity index (χ2n) is 2.31. The number of rotatable bonds is 2. The molecule has 0 atom stereocenters. The van der Waals surface area contributed by atoms with Crippen molar-refractivity contribution in [3.8, 4) is 0 Å². The van der Waals surface area contributed by atoms with Gasteiger partial charge in [0.05, 0.1) is 9.45 Å². The lowest BCUT2D eigenvalue weighted by Gasteiger charge is -2.00. The third kappa shape index (κ3) is 2.37. The van der Waals surface area contributed by atoms with Crippen molar-refractivity contribution >= 4 is 40.0 Å². The van der Waals surface area contributed by atoms with Crippen LogP contribution in [-0.2, 0) is 0 Å². The lowest BCUT2D eigenvalue weighted by Crippen LogP contribution is -2.03. The van der Waals surface area contributed by atoms with Gasteiger partial charge in [0.2, 0.25) is 0 Å². The zero-order valence-corrected chi connectivity index (χ0v) is 9.20. The number of carbonyl (C=O) groups excluding carboxylic acids is 1. The second-order valence-corrected chi connectivity index (χ2v) is 3.74. The molecule has 0 bridgehead atoms. The standard InChI is InChI=1S/C8H4ClF2IO/c9-3-7(13)4-1-5(10)8(11)6(12)2-4/h1-2H,3H2. The Labute approximate surface area is 92.2 Å². The molecule has 0 unspecified atom stereocenters. The van der Waals surface area contributed by atoms with Gasteiger partial charge in [-0.25, -0.2) is 8.78 Å². The summed E-state index contributed by atoms with van der Waals surface area (Å²) in [6.45, 7) is 0. The summed E-state index contributed by atoms with van der Waals surface area (Å²) >= 11 is 6.88. The van der Waals surface area contributed by atoms with Gasteiger partial charge in [0, 0.05) is 5.56 Å². The summed E-state index contributed by atoms with van der Waals surface area (Å²) < 4.78 is 25.6. The monoisotopic (exact) mass is 316 g/mol. The first kappa shape index (κ1) is 10.8. The van der Waals surface area contributed by atoms with E-state index in [1.54, 1.807) is 22.6 Å². The molecule has 1 nitrogen and oxygen atoms in total. The minimum Gasteiger partial charge on any atom is -0.293 e. The first-order valence-corrected chi connectivity index (χ1v) is 4.91. The average Bonchev–Trinajstić information content (AvgIpc) is 2.12. The highest BCUT2D eigenvalue weighted by atomic mass is 127. The minimum absolute atomic E-state index is 0.0751. The van der Waals surface area contributed by atoms with E-state index in [9.17, 15) is 13.6 Å². The van der Waals surface area contributed by atoms with Gasteiger partial charge in [0.1, 0.15) is 0 Å². The summed E-state index contributed by atoms with van der Waals surface area (Å²) in [6.07, 6.45) is 0. The van der Waals surface area contributed by atoms with E-state index in [1.807, 2.05) is 0 Å². The fraction of sp³-hybridized carbons (Fsp3) is 0.125. The summed E-state index contributed by atoms with van der Waals surface area (Å²) in [5.74, 6) is -2.62. The van der Waals surface area contributed by atoms with Crippen LogP contribution in [0.4, 0.5) is 8.78 Å². The first-order valence-electron chi connectivity index (χ1n) is 3.30. The molecular weight excluding hydrogens is 312 g/mol. The molecule has 0 radical (unpaired) electrons. The zero-order valence-electron chi connectivity index (χ0n) is 6.28. The smallest absolute Gasteiger partial charge is 0.177 e. The number of hydrogen-bond donors (Lipinski definition) is 0. The van der Waals surface area contributed by atoms with Crippen molar-refractivity contribution < 1.29 is 13.6 Å². The third-order valence-electron chi connectivity index (χ3n) is 1.43. The molecule has 0 amide bonds. The van der Waals surface area contributed by atoms with Crippen LogP contribution in [0.5, 0.6) is 0 Å². The van der Waals surface area contributed by atoms with Gasteiger partial charge >= 0.3 is 0 Å². The Morgan fingerprint density at radius 3 is 2.54 bits per heavy atom. The Hall–Kier alpha value is -0.230. The zero-order chi connectivity index (χ0) is 10.0. The van der Waals surface area contributed by atoms with Crippen molar-refractivity contribution in [2.24, 2.45) is 0 Å². The predicted molar refractivity (Wildman–Crippen MR) is 54.1 cm³/mol. The van der Waals surface area contributed by atoms with E-state index in [2.05, 4.69) is 0 Å². The summed E-state index contributed by atoms with van der Waals surface area (Å²) in [4.78, 5) is 11.0. The molecule has 13 heavy (non-hydrogen) atoms. The average molecular weight is 316 g/mol. The largest absolute Gasteiger partial charge is 0.293 e. The number of halogens is 4. The van der Waals surface area contributed by atoms with E-state index in [-0.39, 0.29) is 15.0 Å². The van der Waals surface area contributed by atoms with E-state index in [0.717, 1.165) is 6.07 Å². The maximum absolute atomic E-state index is 12.8. The van der Waals surface area contributed by atoms with Gasteiger partial charge in [-0.15, -0.1) is 11.6 Å². The number of benzene rings is 1. The van der Waals surface area contributed by atoms with Crippen LogP contribution in [-0.4, -0.2) is 11.7 Å². The Morgan fingerprint density at radius 2 is 2.08 bits per heavy atom. The number of carbonyl (C=O) groups is 1. The Morgan fingerprint density at radius 1 is 1.46 bits per heavy atom. The molecule has 0 aromatic heterocycles. The molecule has 0 aliphatic heterocycles. The highest BCUT2D eigenvalue weighted by Crippen LogP contribution is 2.17. The molecule has 1 aromatic carbocycles. The van der Waals surface area contributed by atoms with Crippen molar-refractivity contribution in [1.29, 1.82) is 0 Å². The molecule has 5 heteroatoms. The van der Waals surface area contributed by atoms with Crippen molar-refractivity contribution in [1.82, 2.24) is 0 Å². The second kappa shape index (κ2) is 4.32. The van der Waals surface area contributed by atoms with Gasteiger partial charge < -0.3 is 0 Å². The number of hydrogen-bond acceptors (Lipinski definition) is 1. The molecule has 1 aromatic rings. The molecule has 0 aliphatic carbocycles. The van der Waals surface area contributed by atoms with Gasteiger partial charge in [-0.1, -0.05) is 0 Å². The molecule has 70 valence electrons. The van der Waals surface area contributed by atoms with Gasteiger partial charge in [-0.05, 0) is 34.7 Å². The molecule has 0 spiro atoms. The summed E-state index contributed by atoms with van der Waals surface area (Å²) in [7, 11) is 0. The Kier molecular flexibility index (Phi) is 3.61. The van der Waals surface area contributed by atoms with Crippen LogP contribution in [0, 0.1) is 15.2 Å². The Balaban J connectivity index is 3.20. The van der Waals surface area contributed by atoms with Gasteiger partial charge in [0.15, 0.2) is 17.4 Å². The number of Topliss-reactive ketones (excluding diaryl/α,β-unsaturated/α-hetero) is 1. The van der Waals surface area contributed by atoms with Crippen molar-refractivity contribution in [3.05, 3.63) is 32.9 Å². The highest BCUT2D eigenvalue weighted by molar-refractivity contribution is 14.1. The molecule has 0 N–H and O–H groups in total. The topological polar surface area (TPSA) is 17.1 Å². The first-order chi connectivity index (χ1) is 6.06. The number of alkyl halides is 1. The summed E-state index contributed by atoms with van der Waals surface area (Å²) in [5, 5.41) is 0. The maximum atomic E-state index is 12.8. The van der Waals surface area contributed by atoms with E-state index < -0.39 is 17.4 Å². The molecular formula is C8H4ClF2IO. The quantitative estimate of drug-likeness (QED) is 0.355. The van der Waals surface area contributed by atoms with Crippen molar-refractivity contribution in [3.63, 3.8) is 0 Å². The fourth-order valence-electron chi connectivity index (χ4n) is 0.794. The van der Waals surface area contributed by atoms with E-state index >= 15 is 0 Å². The highest BCUT2D eigenvalue weighted by Gasteiger charge is 2.12. The maximum Gasteiger partial charge on any atom is 0.177 e. The van der Waals surface area contributed by atoms with E-state index in [0.29, 0.717) is 0 Å². The van der Waals surface area contributed by atoms with Crippen molar-refractivity contribution in [2.45, 2.75) is 0 Å². The van der Waals surface area contributed by atoms with Crippen LogP contribution in [0.3, 0.4) is 0 Å². The lowest BCUT2D eigenvalue weighted by molar-refractivity contribution is 0.102. The third-order valence-corrected chi connectivity index (χ3v) is 2.45. The SMILES string of the molecule is O=C(CCl)c1cc(F)c(F)c(I)c1. The van der Waals surface area contributed by atoms with Crippen LogP contribution in [0.25, 0.3) is 0 Å². The van der Waals surface area contributed by atoms with Crippen molar-refractivity contribution in [2.75, 3.05) is 5.88 Å². The van der Waals surface area contributed by atoms with Crippen LogP contribution in [0.1, 0.15) is 10.4 Å². The van der Waals surface area contributed by atoms with Gasteiger partial charge in [0.25, 0.3) is 0 Å². The lowest BCUT2D eigenvalue weighted by atomic mass is 10.1. The van der Waals surface area contributed by atoms with Gasteiger partial charge in [-0.3, -0.25) is 4.79 Å². The Bertz CT molecular complexity index is 331. The molecule has 0 saturated heterocycles. The molecule has 0 heterocycles. The molecule has 0 fully saturated rings. The van der Waals surface area contributed by atoms with Crippen LogP contribution in [0.15, 0.2) is 12.1 Å². The van der Waals surface area contributed by atoms with Crippen LogP contribution < -0.4 is 0 Å². The molecule has 0 aliphatic rings. The predicted octanol–water partition coefficient (Wildman–Crippen LogP) is 2.99. The van der Waals surface area contributed by atoms with Crippen LogP contribution >= 0.6 is 34.2 Å². The normalized spacial score (nSPS) is 10.2.